The monoisotopic (exact) mass is 401 g/mol. The van der Waals surface area contributed by atoms with Crippen LogP contribution in [-0.4, -0.2) is 40.0 Å². The molecule has 0 aliphatic carbocycles. The van der Waals surface area contributed by atoms with Gasteiger partial charge in [-0.25, -0.2) is 13.6 Å². The topological polar surface area (TPSA) is 64.6 Å². The molecule has 0 heterocycles. The molecule has 8 heteroatoms. The highest BCUT2D eigenvalue weighted by Gasteiger charge is 2.37. The Labute approximate surface area is 160 Å². The van der Waals surface area contributed by atoms with Crippen molar-refractivity contribution < 1.29 is 27.5 Å². The quantitative estimate of drug-likeness (QED) is 0.534. The molecule has 0 saturated carbocycles. The van der Waals surface area contributed by atoms with E-state index < -0.39 is 37.9 Å². The molecule has 0 aromatic heterocycles. The number of ether oxygens (including phenoxy) is 1. The van der Waals surface area contributed by atoms with Crippen molar-refractivity contribution in [3.63, 3.8) is 0 Å². The van der Waals surface area contributed by atoms with Gasteiger partial charge in [0.2, 0.25) is 5.91 Å². The summed E-state index contributed by atoms with van der Waals surface area (Å²) in [4.78, 5) is 24.2. The Balaban J connectivity index is 2.67. The predicted molar refractivity (Wildman–Crippen MR) is 102 cm³/mol. The van der Waals surface area contributed by atoms with E-state index in [1.54, 1.807) is 0 Å². The van der Waals surface area contributed by atoms with Crippen molar-refractivity contribution in [2.75, 3.05) is 13.7 Å². The van der Waals surface area contributed by atoms with Crippen LogP contribution >= 0.6 is 0 Å². The van der Waals surface area contributed by atoms with Crippen LogP contribution in [0, 0.1) is 11.6 Å². The molecule has 0 fully saturated rings. The van der Waals surface area contributed by atoms with Gasteiger partial charge < -0.3 is 14.5 Å². The zero-order chi connectivity index (χ0) is 20.8. The third-order valence-corrected chi connectivity index (χ3v) is 9.38. The molecule has 0 unspecified atom stereocenters. The summed E-state index contributed by atoms with van der Waals surface area (Å²) in [5, 5.41) is 2.61. The van der Waals surface area contributed by atoms with Crippen molar-refractivity contribution in [2.24, 2.45) is 0 Å². The molecule has 0 aliphatic heterocycles. The third kappa shape index (κ3) is 7.02. The van der Waals surface area contributed by atoms with Crippen molar-refractivity contribution in [1.29, 1.82) is 0 Å². The van der Waals surface area contributed by atoms with Crippen LogP contribution in [0.2, 0.25) is 18.1 Å². The molecule has 152 valence electrons. The zero-order valence-corrected chi connectivity index (χ0v) is 17.8. The molecular weight excluding hydrogens is 372 g/mol. The number of nitrogens with one attached hydrogen (secondary N) is 1. The fraction of sp³-hybridized carbons (Fsp3) is 0.579. The molecule has 0 bridgehead atoms. The predicted octanol–water partition coefficient (Wildman–Crippen LogP) is 3.58. The molecule has 1 amide bonds. The second kappa shape index (κ2) is 9.41. The lowest BCUT2D eigenvalue weighted by molar-refractivity contribution is -0.145. The van der Waals surface area contributed by atoms with Gasteiger partial charge in [0.05, 0.1) is 13.5 Å². The van der Waals surface area contributed by atoms with E-state index in [0.29, 0.717) is 12.2 Å². The number of halogens is 2. The molecule has 0 radical (unpaired) electrons. The number of amides is 1. The van der Waals surface area contributed by atoms with Gasteiger partial charge in [-0.1, -0.05) is 26.8 Å². The number of methoxy groups -OCH3 is 1. The van der Waals surface area contributed by atoms with Crippen LogP contribution in [-0.2, 0) is 25.2 Å². The van der Waals surface area contributed by atoms with Gasteiger partial charge >= 0.3 is 5.97 Å². The second-order valence-corrected chi connectivity index (χ2v) is 12.8. The molecule has 0 saturated heterocycles. The van der Waals surface area contributed by atoms with Crippen molar-refractivity contribution in [2.45, 2.75) is 57.8 Å². The molecular formula is C19H29F2NO4Si. The Morgan fingerprint density at radius 3 is 2.33 bits per heavy atom. The molecule has 0 spiro atoms. The molecule has 1 aromatic rings. The van der Waals surface area contributed by atoms with E-state index in [1.807, 2.05) is 0 Å². The Hall–Kier alpha value is -1.80. The van der Waals surface area contributed by atoms with E-state index in [2.05, 4.69) is 39.2 Å². The van der Waals surface area contributed by atoms with Crippen LogP contribution < -0.4 is 5.32 Å². The van der Waals surface area contributed by atoms with Crippen LogP contribution in [0.5, 0.6) is 0 Å². The van der Waals surface area contributed by atoms with Crippen molar-refractivity contribution in [3.8, 4) is 0 Å². The number of hydrogen-bond donors (Lipinski definition) is 1. The van der Waals surface area contributed by atoms with Crippen molar-refractivity contribution >= 4 is 20.2 Å². The SMILES string of the molecule is COC(=O)[C@@H](CCO[Si](C)(C)C(C)(C)C)NC(=O)Cc1ccc(F)c(F)c1. The summed E-state index contributed by atoms with van der Waals surface area (Å²) in [6, 6.07) is 2.38. The van der Waals surface area contributed by atoms with Gasteiger partial charge in [0.15, 0.2) is 20.0 Å². The van der Waals surface area contributed by atoms with Crippen molar-refractivity contribution in [1.82, 2.24) is 5.32 Å². The maximum atomic E-state index is 13.3. The van der Waals surface area contributed by atoms with Crippen LogP contribution in [0.4, 0.5) is 8.78 Å². The lowest BCUT2D eigenvalue weighted by Crippen LogP contribution is -2.45. The largest absolute Gasteiger partial charge is 0.467 e. The number of hydrogen-bond acceptors (Lipinski definition) is 4. The Kier molecular flexibility index (Phi) is 8.10. The number of esters is 1. The van der Waals surface area contributed by atoms with Gasteiger partial charge in [0.1, 0.15) is 6.04 Å². The fourth-order valence-corrected chi connectivity index (χ4v) is 3.18. The summed E-state index contributed by atoms with van der Waals surface area (Å²) in [5.41, 5.74) is 0.313. The van der Waals surface area contributed by atoms with E-state index in [4.69, 9.17) is 9.16 Å². The van der Waals surface area contributed by atoms with Gasteiger partial charge in [-0.2, -0.15) is 0 Å². The van der Waals surface area contributed by atoms with Crippen molar-refractivity contribution in [3.05, 3.63) is 35.4 Å². The summed E-state index contributed by atoms with van der Waals surface area (Å²) >= 11 is 0. The molecule has 1 rings (SSSR count). The Bertz CT molecular complexity index is 674. The summed E-state index contributed by atoms with van der Waals surface area (Å²) in [7, 11) is -0.730. The lowest BCUT2D eigenvalue weighted by Gasteiger charge is -2.36. The first kappa shape index (κ1) is 23.2. The number of benzene rings is 1. The first-order valence-electron chi connectivity index (χ1n) is 8.82. The van der Waals surface area contributed by atoms with Crippen LogP contribution in [0.15, 0.2) is 18.2 Å². The maximum Gasteiger partial charge on any atom is 0.328 e. The first-order valence-corrected chi connectivity index (χ1v) is 11.7. The minimum atomic E-state index is -1.97. The molecule has 0 aliphatic rings. The third-order valence-electron chi connectivity index (χ3n) is 4.85. The van der Waals surface area contributed by atoms with Gasteiger partial charge in [-0.3, -0.25) is 4.79 Å². The minimum Gasteiger partial charge on any atom is -0.467 e. The summed E-state index contributed by atoms with van der Waals surface area (Å²) in [6.07, 6.45) is 0.0937. The molecule has 1 N–H and O–H groups in total. The van der Waals surface area contributed by atoms with Gasteiger partial charge in [-0.15, -0.1) is 0 Å². The van der Waals surface area contributed by atoms with E-state index >= 15 is 0 Å². The number of carbonyl (C=O) groups is 2. The first-order chi connectivity index (χ1) is 12.4. The van der Waals surface area contributed by atoms with E-state index in [9.17, 15) is 18.4 Å². The standard InChI is InChI=1S/C19H29F2NO4Si/c1-19(2,3)27(5,6)26-10-9-16(18(24)25-4)22-17(23)12-13-7-8-14(20)15(21)11-13/h7-8,11,16H,9-10,12H2,1-6H3,(H,22,23)/t16-/m1/s1. The summed E-state index contributed by atoms with van der Waals surface area (Å²) in [5.74, 6) is -3.06. The Morgan fingerprint density at radius 1 is 1.19 bits per heavy atom. The highest BCUT2D eigenvalue weighted by molar-refractivity contribution is 6.74. The van der Waals surface area contributed by atoms with Crippen LogP contribution in [0.3, 0.4) is 0 Å². The lowest BCUT2D eigenvalue weighted by atomic mass is 10.1. The molecule has 1 aromatic carbocycles. The second-order valence-electron chi connectivity index (χ2n) is 7.97. The minimum absolute atomic E-state index is 0.0314. The van der Waals surface area contributed by atoms with Gasteiger partial charge in [0, 0.05) is 13.0 Å². The molecule has 5 nitrogen and oxygen atoms in total. The fourth-order valence-electron chi connectivity index (χ4n) is 2.12. The summed E-state index contributed by atoms with van der Waals surface area (Å²) in [6.45, 7) is 10.8. The highest BCUT2D eigenvalue weighted by Crippen LogP contribution is 2.36. The highest BCUT2D eigenvalue weighted by atomic mass is 28.4. The number of rotatable bonds is 8. The van der Waals surface area contributed by atoms with Gasteiger partial charge in [0.25, 0.3) is 0 Å². The smallest absolute Gasteiger partial charge is 0.328 e. The van der Waals surface area contributed by atoms with E-state index in [-0.39, 0.29) is 17.9 Å². The van der Waals surface area contributed by atoms with E-state index in [1.165, 1.54) is 13.2 Å². The van der Waals surface area contributed by atoms with E-state index in [0.717, 1.165) is 12.1 Å². The number of carbonyl (C=O) groups excluding carboxylic acids is 2. The zero-order valence-electron chi connectivity index (χ0n) is 16.8. The van der Waals surface area contributed by atoms with Crippen LogP contribution in [0.1, 0.15) is 32.8 Å². The maximum absolute atomic E-state index is 13.3. The molecule has 1 atom stereocenters. The normalized spacial score (nSPS) is 13.2. The molecule has 27 heavy (non-hydrogen) atoms. The van der Waals surface area contributed by atoms with Gasteiger partial charge in [-0.05, 0) is 35.8 Å². The Morgan fingerprint density at radius 2 is 1.81 bits per heavy atom. The van der Waals surface area contributed by atoms with Crippen LogP contribution in [0.25, 0.3) is 0 Å². The average Bonchev–Trinajstić information content (AvgIpc) is 2.55. The summed E-state index contributed by atoms with van der Waals surface area (Å²) < 4.78 is 37.0. The average molecular weight is 402 g/mol.